The van der Waals surface area contributed by atoms with Crippen LogP contribution in [0.15, 0.2) is 18.3 Å². The van der Waals surface area contributed by atoms with Crippen molar-refractivity contribution in [3.8, 4) is 11.8 Å². The van der Waals surface area contributed by atoms with Crippen LogP contribution in [0.4, 0.5) is 4.79 Å². The summed E-state index contributed by atoms with van der Waals surface area (Å²) in [6.45, 7) is 7.98. The zero-order valence-corrected chi connectivity index (χ0v) is 15.1. The quantitative estimate of drug-likeness (QED) is 0.787. The van der Waals surface area contributed by atoms with Crippen molar-refractivity contribution in [2.75, 3.05) is 7.11 Å². The van der Waals surface area contributed by atoms with Gasteiger partial charge in [-0.05, 0) is 51.0 Å². The van der Waals surface area contributed by atoms with Crippen molar-refractivity contribution in [1.82, 2.24) is 9.88 Å². The minimum Gasteiger partial charge on any atom is -0.495 e. The number of rotatable bonds is 1. The first-order chi connectivity index (χ1) is 11.7. The van der Waals surface area contributed by atoms with E-state index >= 15 is 0 Å². The Bertz CT molecular complexity index is 893. The molecule has 1 aliphatic rings. The molecule has 25 heavy (non-hydrogen) atoms. The molecule has 2 aromatic rings. The van der Waals surface area contributed by atoms with Gasteiger partial charge in [0, 0.05) is 11.6 Å². The Morgan fingerprint density at radius 2 is 2.12 bits per heavy atom. The number of nitrogens with zero attached hydrogens (tertiary/aromatic N) is 3. The number of ether oxygens (including phenoxy) is 2. The lowest BCUT2D eigenvalue weighted by atomic mass is 10.00. The lowest BCUT2D eigenvalue weighted by Crippen LogP contribution is -2.35. The van der Waals surface area contributed by atoms with E-state index in [0.717, 1.165) is 16.5 Å². The molecule has 0 spiro atoms. The van der Waals surface area contributed by atoms with E-state index in [4.69, 9.17) is 9.47 Å². The number of hydrogen-bond acceptors (Lipinski definition) is 5. The monoisotopic (exact) mass is 339 g/mol. The Morgan fingerprint density at radius 3 is 2.72 bits per heavy atom. The maximum Gasteiger partial charge on any atom is 0.411 e. The molecule has 0 N–H and O–H groups in total. The third kappa shape index (κ3) is 2.98. The first-order valence-corrected chi connectivity index (χ1v) is 8.14. The standard InChI is InChI=1S/C19H21N3O3/c1-11-17-13(10-22(11)18(23)25-19(2,3)4)9-21-15-6-12(8-20)16(24-5)7-14(15)17/h6-7,9,11H,10H2,1-5H3/t11-/m0/s1. The smallest absolute Gasteiger partial charge is 0.411 e. The van der Waals surface area contributed by atoms with Gasteiger partial charge in [0.05, 0.1) is 30.8 Å². The Labute approximate surface area is 147 Å². The Kier molecular flexibility index (Phi) is 4.03. The lowest BCUT2D eigenvalue weighted by Gasteiger charge is -2.27. The van der Waals surface area contributed by atoms with Crippen molar-refractivity contribution < 1.29 is 14.3 Å². The zero-order valence-electron chi connectivity index (χ0n) is 15.1. The normalized spacial score (nSPS) is 16.5. The van der Waals surface area contributed by atoms with E-state index in [9.17, 15) is 10.1 Å². The number of aromatic nitrogens is 1. The second-order valence-corrected chi connectivity index (χ2v) is 7.16. The molecule has 6 nitrogen and oxygen atoms in total. The third-order valence-electron chi connectivity index (χ3n) is 4.29. The molecule has 0 aliphatic carbocycles. The van der Waals surface area contributed by atoms with E-state index in [-0.39, 0.29) is 12.1 Å². The fourth-order valence-corrected chi connectivity index (χ4v) is 3.18. The molecule has 130 valence electrons. The summed E-state index contributed by atoms with van der Waals surface area (Å²) in [5.74, 6) is 0.508. The van der Waals surface area contributed by atoms with Crippen molar-refractivity contribution in [1.29, 1.82) is 5.26 Å². The van der Waals surface area contributed by atoms with E-state index in [1.54, 1.807) is 17.2 Å². The largest absolute Gasteiger partial charge is 0.495 e. The van der Waals surface area contributed by atoms with E-state index < -0.39 is 5.60 Å². The van der Waals surface area contributed by atoms with Crippen molar-refractivity contribution in [3.63, 3.8) is 0 Å². The van der Waals surface area contributed by atoms with Crippen LogP contribution in [-0.2, 0) is 11.3 Å². The fraction of sp³-hybridized carbons (Fsp3) is 0.421. The van der Waals surface area contributed by atoms with E-state index in [1.807, 2.05) is 33.8 Å². The average Bonchev–Trinajstić information content (AvgIpc) is 2.89. The number of methoxy groups -OCH3 is 1. The summed E-state index contributed by atoms with van der Waals surface area (Å²) < 4.78 is 10.8. The van der Waals surface area contributed by atoms with Crippen LogP contribution in [0.1, 0.15) is 50.4 Å². The molecule has 0 saturated heterocycles. The maximum atomic E-state index is 12.5. The first kappa shape index (κ1) is 17.0. The highest BCUT2D eigenvalue weighted by Gasteiger charge is 2.35. The molecule has 0 radical (unpaired) electrons. The van der Waals surface area contributed by atoms with Gasteiger partial charge in [-0.2, -0.15) is 5.26 Å². The molecule has 1 atom stereocenters. The summed E-state index contributed by atoms with van der Waals surface area (Å²) in [6, 6.07) is 5.52. The van der Waals surface area contributed by atoms with Crippen molar-refractivity contribution in [2.24, 2.45) is 0 Å². The second kappa shape index (κ2) is 5.92. The molecule has 2 heterocycles. The van der Waals surface area contributed by atoms with E-state index in [0.29, 0.717) is 23.4 Å². The molecule has 1 aliphatic heterocycles. The average molecular weight is 339 g/mol. The second-order valence-electron chi connectivity index (χ2n) is 7.16. The summed E-state index contributed by atoms with van der Waals surface area (Å²) in [5.41, 5.74) is 2.62. The maximum absolute atomic E-state index is 12.5. The summed E-state index contributed by atoms with van der Waals surface area (Å²) in [4.78, 5) is 18.7. The third-order valence-corrected chi connectivity index (χ3v) is 4.29. The van der Waals surface area contributed by atoms with Crippen LogP contribution >= 0.6 is 0 Å². The number of nitriles is 1. The first-order valence-electron chi connectivity index (χ1n) is 8.14. The molecular formula is C19H21N3O3. The number of carbonyl (C=O) groups is 1. The number of amides is 1. The Hall–Kier alpha value is -2.81. The van der Waals surface area contributed by atoms with Crippen LogP contribution in [0.2, 0.25) is 0 Å². The van der Waals surface area contributed by atoms with E-state index in [1.165, 1.54) is 7.11 Å². The predicted octanol–water partition coefficient (Wildman–Crippen LogP) is 3.93. The van der Waals surface area contributed by atoms with Gasteiger partial charge in [-0.3, -0.25) is 9.88 Å². The van der Waals surface area contributed by atoms with Crippen molar-refractivity contribution in [3.05, 3.63) is 35.0 Å². The fourth-order valence-electron chi connectivity index (χ4n) is 3.18. The molecule has 1 amide bonds. The summed E-state index contributed by atoms with van der Waals surface area (Å²) >= 11 is 0. The highest BCUT2D eigenvalue weighted by Crippen LogP contribution is 2.40. The zero-order chi connectivity index (χ0) is 18.4. The summed E-state index contributed by atoms with van der Waals surface area (Å²) in [7, 11) is 1.54. The van der Waals surface area contributed by atoms with Crippen LogP contribution in [0.5, 0.6) is 5.75 Å². The van der Waals surface area contributed by atoms with Crippen molar-refractivity contribution >= 4 is 17.0 Å². The summed E-state index contributed by atoms with van der Waals surface area (Å²) in [6.07, 6.45) is 1.43. The van der Waals surface area contributed by atoms with Gasteiger partial charge < -0.3 is 9.47 Å². The van der Waals surface area contributed by atoms with Gasteiger partial charge in [0.15, 0.2) is 0 Å². The molecule has 0 bridgehead atoms. The van der Waals surface area contributed by atoms with Gasteiger partial charge in [-0.25, -0.2) is 4.79 Å². The van der Waals surface area contributed by atoms with Crippen LogP contribution in [0.3, 0.4) is 0 Å². The van der Waals surface area contributed by atoms with Gasteiger partial charge in [0.25, 0.3) is 0 Å². The number of hydrogen-bond donors (Lipinski definition) is 0. The number of pyridine rings is 1. The molecular weight excluding hydrogens is 318 g/mol. The summed E-state index contributed by atoms with van der Waals surface area (Å²) in [5, 5.41) is 10.1. The number of benzene rings is 1. The topological polar surface area (TPSA) is 75.5 Å². The van der Waals surface area contributed by atoms with Crippen LogP contribution in [-0.4, -0.2) is 28.7 Å². The molecule has 0 saturated carbocycles. The van der Waals surface area contributed by atoms with Gasteiger partial charge >= 0.3 is 6.09 Å². The van der Waals surface area contributed by atoms with E-state index in [2.05, 4.69) is 11.1 Å². The lowest BCUT2D eigenvalue weighted by molar-refractivity contribution is 0.0188. The Morgan fingerprint density at radius 1 is 1.40 bits per heavy atom. The van der Waals surface area contributed by atoms with Crippen LogP contribution in [0.25, 0.3) is 10.9 Å². The van der Waals surface area contributed by atoms with Crippen molar-refractivity contribution in [2.45, 2.75) is 45.9 Å². The van der Waals surface area contributed by atoms with Gasteiger partial charge in [0.2, 0.25) is 0 Å². The highest BCUT2D eigenvalue weighted by atomic mass is 16.6. The molecule has 1 aromatic carbocycles. The van der Waals surface area contributed by atoms with Crippen LogP contribution in [0, 0.1) is 11.3 Å². The Balaban J connectivity index is 2.06. The minimum absolute atomic E-state index is 0.145. The van der Waals surface area contributed by atoms with Crippen LogP contribution < -0.4 is 4.74 Å². The molecule has 1 aromatic heterocycles. The number of fused-ring (bicyclic) bond motifs is 3. The number of carbonyl (C=O) groups excluding carboxylic acids is 1. The highest BCUT2D eigenvalue weighted by molar-refractivity contribution is 5.88. The molecule has 6 heteroatoms. The minimum atomic E-state index is -0.545. The molecule has 3 rings (SSSR count). The molecule has 0 fully saturated rings. The van der Waals surface area contributed by atoms with Gasteiger partial charge in [-0.1, -0.05) is 0 Å². The van der Waals surface area contributed by atoms with Gasteiger partial charge in [-0.15, -0.1) is 0 Å². The van der Waals surface area contributed by atoms with Gasteiger partial charge in [0.1, 0.15) is 17.4 Å². The molecule has 0 unspecified atom stereocenters. The predicted molar refractivity (Wildman–Crippen MR) is 93.2 cm³/mol. The SMILES string of the molecule is COc1cc2c3c(cnc2cc1C#N)CN(C(=O)OC(C)(C)C)[C@H]3C.